The van der Waals surface area contributed by atoms with Crippen molar-refractivity contribution in [2.45, 2.75) is 50.8 Å². The summed E-state index contributed by atoms with van der Waals surface area (Å²) >= 11 is 0. The second-order valence-electron chi connectivity index (χ2n) is 7.26. The number of aromatic nitrogens is 1. The molecule has 0 unspecified atom stereocenters. The van der Waals surface area contributed by atoms with E-state index in [-0.39, 0.29) is 16.2 Å². The van der Waals surface area contributed by atoms with Gasteiger partial charge in [0.15, 0.2) is 0 Å². The van der Waals surface area contributed by atoms with E-state index in [4.69, 9.17) is 0 Å². The second kappa shape index (κ2) is 5.45. The molecule has 1 aromatic rings. The molecule has 2 atom stereocenters. The zero-order chi connectivity index (χ0) is 15.1. The summed E-state index contributed by atoms with van der Waals surface area (Å²) < 4.78 is 15.8. The van der Waals surface area contributed by atoms with Crippen LogP contribution < -0.4 is 10.0 Å². The highest BCUT2D eigenvalue weighted by atomic mass is 32.2. The molecule has 1 aromatic heterocycles. The Morgan fingerprint density at radius 3 is 2.76 bits per heavy atom. The highest BCUT2D eigenvalue weighted by molar-refractivity contribution is 7.84. The Kier molecular flexibility index (Phi) is 3.93. The van der Waals surface area contributed by atoms with Crippen LogP contribution in [0.3, 0.4) is 0 Å². The predicted molar refractivity (Wildman–Crippen MR) is 86.2 cm³/mol. The molecule has 0 bridgehead atoms. The lowest BCUT2D eigenvalue weighted by molar-refractivity contribution is 0.164. The van der Waals surface area contributed by atoms with Gasteiger partial charge in [0.2, 0.25) is 0 Å². The number of nitrogens with zero attached hydrogens (tertiary/aromatic N) is 1. The lowest BCUT2D eigenvalue weighted by Gasteiger charge is -2.40. The van der Waals surface area contributed by atoms with Crippen LogP contribution >= 0.6 is 0 Å². The van der Waals surface area contributed by atoms with Gasteiger partial charge in [-0.15, -0.1) is 0 Å². The number of nitrogens with one attached hydrogen (secondary N) is 2. The largest absolute Gasteiger partial charge is 0.317 e. The molecule has 0 aromatic carbocycles. The van der Waals surface area contributed by atoms with E-state index in [1.807, 2.05) is 33.0 Å². The molecule has 1 fully saturated rings. The summed E-state index contributed by atoms with van der Waals surface area (Å²) in [5, 5.41) is 3.44. The Hall–Kier alpha value is -0.780. The Balaban J connectivity index is 1.94. The molecule has 2 heterocycles. The van der Waals surface area contributed by atoms with Crippen LogP contribution in [0.2, 0.25) is 0 Å². The maximum absolute atomic E-state index is 12.6. The average molecular weight is 307 g/mol. The topological polar surface area (TPSA) is 54.0 Å². The van der Waals surface area contributed by atoms with Crippen LogP contribution in [-0.4, -0.2) is 27.0 Å². The lowest BCUT2D eigenvalue weighted by atomic mass is 9.74. The van der Waals surface area contributed by atoms with E-state index >= 15 is 0 Å². The van der Waals surface area contributed by atoms with E-state index < -0.39 is 11.0 Å². The van der Waals surface area contributed by atoms with Crippen molar-refractivity contribution in [3.8, 4) is 0 Å². The van der Waals surface area contributed by atoms with Gasteiger partial charge in [-0.1, -0.05) is 6.07 Å². The van der Waals surface area contributed by atoms with Gasteiger partial charge < -0.3 is 5.32 Å². The van der Waals surface area contributed by atoms with Gasteiger partial charge in [-0.2, -0.15) is 0 Å². The first-order chi connectivity index (χ1) is 9.92. The van der Waals surface area contributed by atoms with Crippen LogP contribution in [0, 0.1) is 5.41 Å². The molecule has 0 radical (unpaired) electrons. The average Bonchev–Trinajstić information content (AvgIpc) is 2.72. The molecule has 0 saturated carbocycles. The molecule has 1 spiro atoms. The molecule has 21 heavy (non-hydrogen) atoms. The molecule has 5 heteroatoms. The Morgan fingerprint density at radius 2 is 2.10 bits per heavy atom. The molecule has 1 aliphatic heterocycles. The molecule has 2 N–H and O–H groups in total. The monoisotopic (exact) mass is 307 g/mol. The van der Waals surface area contributed by atoms with E-state index in [1.165, 1.54) is 11.3 Å². The molecule has 3 rings (SSSR count). The molecule has 4 nitrogen and oxygen atoms in total. The van der Waals surface area contributed by atoms with Crippen LogP contribution in [0.1, 0.15) is 50.9 Å². The van der Waals surface area contributed by atoms with Crippen molar-refractivity contribution in [3.05, 3.63) is 29.6 Å². The van der Waals surface area contributed by atoms with E-state index in [0.29, 0.717) is 0 Å². The maximum Gasteiger partial charge on any atom is 0.0976 e. The summed E-state index contributed by atoms with van der Waals surface area (Å²) in [4.78, 5) is 4.57. The highest BCUT2D eigenvalue weighted by Crippen LogP contribution is 2.50. The van der Waals surface area contributed by atoms with Gasteiger partial charge in [0.25, 0.3) is 0 Å². The van der Waals surface area contributed by atoms with Gasteiger partial charge >= 0.3 is 0 Å². The molecular formula is C16H25N3OS. The minimum Gasteiger partial charge on any atom is -0.317 e. The molecular weight excluding hydrogens is 282 g/mol. The summed E-state index contributed by atoms with van der Waals surface area (Å²) in [5.41, 5.74) is 2.60. The molecule has 116 valence electrons. The number of fused-ring (bicyclic) bond motifs is 1. The zero-order valence-corrected chi connectivity index (χ0v) is 13.9. The van der Waals surface area contributed by atoms with Crippen molar-refractivity contribution < 1.29 is 4.21 Å². The fourth-order valence-corrected chi connectivity index (χ4v) is 4.43. The van der Waals surface area contributed by atoms with Crippen molar-refractivity contribution in [3.63, 3.8) is 0 Å². The van der Waals surface area contributed by atoms with E-state index in [2.05, 4.69) is 21.1 Å². The summed E-state index contributed by atoms with van der Waals surface area (Å²) in [6, 6.07) is 4.30. The van der Waals surface area contributed by atoms with Crippen molar-refractivity contribution in [1.29, 1.82) is 0 Å². The summed E-state index contributed by atoms with van der Waals surface area (Å²) in [7, 11) is -1.06. The summed E-state index contributed by atoms with van der Waals surface area (Å²) in [6.07, 6.45) is 5.10. The lowest BCUT2D eigenvalue weighted by Crippen LogP contribution is -2.46. The van der Waals surface area contributed by atoms with E-state index in [9.17, 15) is 4.21 Å². The normalized spacial score (nSPS) is 25.8. The van der Waals surface area contributed by atoms with Crippen LogP contribution in [0.15, 0.2) is 18.3 Å². The Labute approximate surface area is 129 Å². The number of hydrogen-bond donors (Lipinski definition) is 2. The standard InChI is InChI=1S/C16H25N3OS/c1-15(2,3)21(20)19-14-12-5-4-8-18-13(12)11-16(14)6-9-17-10-7-16/h4-5,8,14,17,19H,6-7,9-11H2,1-3H3/t14-,21+/m0/s1. The van der Waals surface area contributed by atoms with Crippen LogP contribution in [0.4, 0.5) is 0 Å². The van der Waals surface area contributed by atoms with Crippen molar-refractivity contribution >= 4 is 11.0 Å². The summed E-state index contributed by atoms with van der Waals surface area (Å²) in [6.45, 7) is 8.13. The van der Waals surface area contributed by atoms with Gasteiger partial charge in [0.05, 0.1) is 21.8 Å². The number of hydrogen-bond acceptors (Lipinski definition) is 3. The van der Waals surface area contributed by atoms with Gasteiger partial charge in [-0.05, 0) is 70.2 Å². The number of pyridine rings is 1. The third-order valence-electron chi connectivity index (χ3n) is 4.75. The minimum atomic E-state index is -1.06. The van der Waals surface area contributed by atoms with E-state index in [1.54, 1.807) is 0 Å². The molecule has 1 aliphatic carbocycles. The highest BCUT2D eigenvalue weighted by Gasteiger charge is 2.48. The number of piperidine rings is 1. The first kappa shape index (κ1) is 15.1. The van der Waals surface area contributed by atoms with Gasteiger partial charge in [-0.25, -0.2) is 8.93 Å². The second-order valence-corrected chi connectivity index (χ2v) is 9.26. The first-order valence-electron chi connectivity index (χ1n) is 7.75. The van der Waals surface area contributed by atoms with Crippen LogP contribution in [0.5, 0.6) is 0 Å². The van der Waals surface area contributed by atoms with Crippen LogP contribution in [0.25, 0.3) is 0 Å². The molecule has 1 saturated heterocycles. The van der Waals surface area contributed by atoms with Crippen molar-refractivity contribution in [2.24, 2.45) is 5.41 Å². The Morgan fingerprint density at radius 1 is 1.38 bits per heavy atom. The maximum atomic E-state index is 12.6. The third kappa shape index (κ3) is 2.79. The molecule has 2 aliphatic rings. The fourth-order valence-electron chi connectivity index (χ4n) is 3.49. The fraction of sp³-hybridized carbons (Fsp3) is 0.688. The predicted octanol–water partition coefficient (Wildman–Crippen LogP) is 2.10. The smallest absolute Gasteiger partial charge is 0.0976 e. The van der Waals surface area contributed by atoms with Gasteiger partial charge in [0.1, 0.15) is 0 Å². The quantitative estimate of drug-likeness (QED) is 0.880. The van der Waals surface area contributed by atoms with Crippen LogP contribution in [-0.2, 0) is 17.4 Å². The zero-order valence-electron chi connectivity index (χ0n) is 13.1. The molecule has 0 amide bonds. The summed E-state index contributed by atoms with van der Waals surface area (Å²) in [5.74, 6) is 0. The Bertz CT molecular complexity index is 547. The first-order valence-corrected chi connectivity index (χ1v) is 8.90. The van der Waals surface area contributed by atoms with E-state index in [0.717, 1.165) is 32.4 Å². The van der Waals surface area contributed by atoms with Gasteiger partial charge in [-0.3, -0.25) is 4.98 Å². The van der Waals surface area contributed by atoms with Crippen molar-refractivity contribution in [2.75, 3.05) is 13.1 Å². The number of rotatable bonds is 2. The third-order valence-corrected chi connectivity index (χ3v) is 6.31. The minimum absolute atomic E-state index is 0.156. The van der Waals surface area contributed by atoms with Gasteiger partial charge in [0, 0.05) is 11.9 Å². The van der Waals surface area contributed by atoms with Crippen molar-refractivity contribution in [1.82, 2.24) is 15.0 Å². The SMILES string of the molecule is CC(C)(C)[S@@](=O)N[C@H]1c2cccnc2CC12CCNCC2.